The zero-order valence-corrected chi connectivity index (χ0v) is 5.79. The molecule has 3 heterocycles. The summed E-state index contributed by atoms with van der Waals surface area (Å²) < 4.78 is 35.0. The van der Waals surface area contributed by atoms with Crippen molar-refractivity contribution < 1.29 is 32.4 Å². The number of aliphatic hydroxyl groups excluding tert-OH is 1. The minimum Gasteiger partial charge on any atom is -0.361 e. The van der Waals surface area contributed by atoms with Crippen LogP contribution in [-0.4, -0.2) is 23.2 Å². The summed E-state index contributed by atoms with van der Waals surface area (Å²) in [5.74, 6) is -1.43. The Morgan fingerprint density at radius 2 is 2.18 bits per heavy atom. The van der Waals surface area contributed by atoms with E-state index in [0.29, 0.717) is 0 Å². The number of aliphatic hydroxyl groups is 1. The molecule has 62 valence electrons. The highest BCUT2D eigenvalue weighted by atomic mass is 31.2. The lowest BCUT2D eigenvalue weighted by molar-refractivity contribution is -0.318. The fourth-order valence-electron chi connectivity index (χ4n) is 0.745. The van der Waals surface area contributed by atoms with Crippen molar-refractivity contribution in [1.82, 2.24) is 0 Å². The van der Waals surface area contributed by atoms with E-state index in [1.165, 1.54) is 0 Å². The van der Waals surface area contributed by atoms with Crippen LogP contribution in [0.4, 0.5) is 4.39 Å². The maximum absolute atomic E-state index is 12.6. The van der Waals surface area contributed by atoms with E-state index in [1.54, 1.807) is 0 Å². The zero-order valence-electron chi connectivity index (χ0n) is 4.89. The molecule has 0 aliphatic carbocycles. The highest BCUT2D eigenvalue weighted by molar-refractivity contribution is 7.50. The molecule has 3 saturated heterocycles. The van der Waals surface area contributed by atoms with Crippen molar-refractivity contribution >= 4 is 13.6 Å². The van der Waals surface area contributed by atoms with Gasteiger partial charge < -0.3 is 5.11 Å². The van der Waals surface area contributed by atoms with E-state index < -0.39 is 25.9 Å². The van der Waals surface area contributed by atoms with Crippen LogP contribution in [0.3, 0.4) is 0 Å². The van der Waals surface area contributed by atoms with Gasteiger partial charge in [-0.2, -0.15) is 4.39 Å². The lowest BCUT2D eigenvalue weighted by atomic mass is 10.3. The molecule has 0 saturated carbocycles. The first-order valence-electron chi connectivity index (χ1n) is 2.56. The highest BCUT2D eigenvalue weighted by Gasteiger charge is 2.71. The number of phosphoric ester groups is 1. The number of carbonyl (C=O) groups is 1. The molecule has 11 heavy (non-hydrogen) atoms. The standard InChI is InChI=1S/C3H2FO6P/c4-3-1(5)2(6)8-11(7,9-3)10-3/h2,6H. The molecule has 0 aromatic rings. The first-order valence-corrected chi connectivity index (χ1v) is 4.02. The Bertz CT molecular complexity index is 257. The summed E-state index contributed by atoms with van der Waals surface area (Å²) in [6.07, 6.45) is -2.06. The van der Waals surface area contributed by atoms with Crippen molar-refractivity contribution in [3.63, 3.8) is 0 Å². The summed E-state index contributed by atoms with van der Waals surface area (Å²) in [6.45, 7) is 0. The maximum Gasteiger partial charge on any atom is 0.487 e. The Kier molecular flexibility index (Phi) is 1.13. The Labute approximate surface area is 59.5 Å². The fourth-order valence-corrected chi connectivity index (χ4v) is 1.94. The molecule has 6 nitrogen and oxygen atoms in total. The third-order valence-electron chi connectivity index (χ3n) is 1.21. The van der Waals surface area contributed by atoms with Crippen molar-refractivity contribution in [2.24, 2.45) is 0 Å². The number of ketones is 1. The molecule has 1 unspecified atom stereocenters. The van der Waals surface area contributed by atoms with Crippen LogP contribution in [0.25, 0.3) is 0 Å². The molecule has 2 bridgehead atoms. The molecule has 0 aromatic carbocycles. The van der Waals surface area contributed by atoms with Crippen LogP contribution in [0.2, 0.25) is 0 Å². The van der Waals surface area contributed by atoms with Crippen molar-refractivity contribution in [3.8, 4) is 0 Å². The lowest BCUT2D eigenvalue weighted by Gasteiger charge is -2.42. The average Bonchev–Trinajstić information content (AvgIpc) is 1.78. The van der Waals surface area contributed by atoms with Gasteiger partial charge in [0, 0.05) is 0 Å². The predicted molar refractivity (Wildman–Crippen MR) is 25.7 cm³/mol. The average molecular weight is 184 g/mol. The summed E-state index contributed by atoms with van der Waals surface area (Å²) in [4.78, 5) is 10.5. The first-order chi connectivity index (χ1) is 4.95. The number of phosphoric acid groups is 1. The topological polar surface area (TPSA) is 82.1 Å². The van der Waals surface area contributed by atoms with E-state index in [1.807, 2.05) is 0 Å². The molecule has 3 fully saturated rings. The molecule has 0 aromatic heterocycles. The molecule has 3 aliphatic heterocycles. The number of Topliss-reactive ketones (excluding diaryl/α,β-unsaturated/α-hetero) is 1. The minimum absolute atomic E-state index is 1.43. The van der Waals surface area contributed by atoms with Gasteiger partial charge in [-0.3, -0.25) is 4.79 Å². The zero-order chi connectivity index (χ0) is 8.28. The van der Waals surface area contributed by atoms with Crippen LogP contribution in [-0.2, 0) is 22.9 Å². The Morgan fingerprint density at radius 1 is 1.64 bits per heavy atom. The highest BCUT2D eigenvalue weighted by Crippen LogP contribution is 2.69. The number of alkyl halides is 1. The van der Waals surface area contributed by atoms with Crippen LogP contribution in [0.1, 0.15) is 0 Å². The summed E-state index contributed by atoms with van der Waals surface area (Å²) in [7, 11) is -3.95. The molecule has 8 heteroatoms. The van der Waals surface area contributed by atoms with Crippen LogP contribution >= 0.6 is 7.82 Å². The number of hydrogen-bond acceptors (Lipinski definition) is 6. The molecule has 0 amide bonds. The molecule has 0 radical (unpaired) electrons. The van der Waals surface area contributed by atoms with Gasteiger partial charge in [-0.05, 0) is 0 Å². The monoisotopic (exact) mass is 184 g/mol. The van der Waals surface area contributed by atoms with Gasteiger partial charge in [0.05, 0.1) is 0 Å². The van der Waals surface area contributed by atoms with Gasteiger partial charge in [0.1, 0.15) is 0 Å². The molecule has 0 spiro atoms. The number of carbonyl (C=O) groups excluding carboxylic acids is 1. The predicted octanol–water partition coefficient (Wildman–Crippen LogP) is -0.318. The van der Waals surface area contributed by atoms with E-state index in [-0.39, 0.29) is 0 Å². The molecular weight excluding hydrogens is 182 g/mol. The van der Waals surface area contributed by atoms with Crippen LogP contribution < -0.4 is 0 Å². The van der Waals surface area contributed by atoms with Gasteiger partial charge in [-0.15, -0.1) is 0 Å². The van der Waals surface area contributed by atoms with E-state index in [9.17, 15) is 13.8 Å². The van der Waals surface area contributed by atoms with Gasteiger partial charge in [0.25, 0.3) is 5.78 Å². The number of hydrogen-bond donors (Lipinski definition) is 1. The van der Waals surface area contributed by atoms with E-state index in [4.69, 9.17) is 5.11 Å². The number of halogens is 1. The second-order valence-corrected chi connectivity index (χ2v) is 3.46. The van der Waals surface area contributed by atoms with Gasteiger partial charge in [-0.25, -0.2) is 18.1 Å². The summed E-state index contributed by atoms with van der Waals surface area (Å²) >= 11 is 0. The molecule has 1 N–H and O–H groups in total. The van der Waals surface area contributed by atoms with Crippen LogP contribution in [0, 0.1) is 0 Å². The molecule has 1 atom stereocenters. The van der Waals surface area contributed by atoms with Crippen LogP contribution in [0.5, 0.6) is 0 Å². The van der Waals surface area contributed by atoms with Crippen molar-refractivity contribution in [1.29, 1.82) is 0 Å². The van der Waals surface area contributed by atoms with Crippen molar-refractivity contribution in [2.45, 2.75) is 12.3 Å². The summed E-state index contributed by atoms with van der Waals surface area (Å²) in [5.41, 5.74) is 0. The van der Waals surface area contributed by atoms with Gasteiger partial charge in [0.2, 0.25) is 6.29 Å². The summed E-state index contributed by atoms with van der Waals surface area (Å²) in [5, 5.41) is 8.56. The minimum atomic E-state index is -3.95. The Hall–Kier alpha value is -0.330. The van der Waals surface area contributed by atoms with Gasteiger partial charge in [-0.1, -0.05) is 0 Å². The van der Waals surface area contributed by atoms with Crippen LogP contribution in [0.15, 0.2) is 0 Å². The fraction of sp³-hybridized carbons (Fsp3) is 0.667. The van der Waals surface area contributed by atoms with E-state index in [2.05, 4.69) is 13.6 Å². The summed E-state index contributed by atoms with van der Waals surface area (Å²) in [6, 6.07) is -3.06. The third-order valence-corrected chi connectivity index (χ3v) is 2.58. The first kappa shape index (κ1) is 7.33. The van der Waals surface area contributed by atoms with Crippen molar-refractivity contribution in [2.75, 3.05) is 0 Å². The quantitative estimate of drug-likeness (QED) is 0.519. The largest absolute Gasteiger partial charge is 0.487 e. The molecule has 3 aliphatic rings. The second kappa shape index (κ2) is 1.70. The number of rotatable bonds is 0. The van der Waals surface area contributed by atoms with Crippen molar-refractivity contribution in [3.05, 3.63) is 0 Å². The Balaban J connectivity index is 2.33. The third kappa shape index (κ3) is 0.800. The molecular formula is C3H2FO6P. The smallest absolute Gasteiger partial charge is 0.361 e. The Morgan fingerprint density at radius 3 is 2.64 bits per heavy atom. The second-order valence-electron chi connectivity index (χ2n) is 1.99. The van der Waals surface area contributed by atoms with E-state index in [0.717, 1.165) is 0 Å². The van der Waals surface area contributed by atoms with Gasteiger partial charge >= 0.3 is 13.9 Å². The SMILES string of the molecule is O=C1C(O)OP2(=O)OC1(F)O2. The number of fused-ring (bicyclic) bond motifs is 2. The van der Waals surface area contributed by atoms with E-state index >= 15 is 0 Å². The maximum atomic E-state index is 12.6. The lowest BCUT2D eigenvalue weighted by Crippen LogP contribution is -2.56. The van der Waals surface area contributed by atoms with Gasteiger partial charge in [0.15, 0.2) is 0 Å². The normalized spacial score (nSPS) is 55.5. The molecule has 3 rings (SSSR count).